The highest BCUT2D eigenvalue weighted by atomic mass is 16.7. The van der Waals surface area contributed by atoms with E-state index < -0.39 is 0 Å². The molecular weight excluding hydrogens is 242 g/mol. The van der Waals surface area contributed by atoms with Crippen molar-refractivity contribution in [1.29, 1.82) is 0 Å². The number of benzene rings is 1. The van der Waals surface area contributed by atoms with Gasteiger partial charge in [-0.15, -0.1) is 0 Å². The van der Waals surface area contributed by atoms with Gasteiger partial charge in [-0.2, -0.15) is 0 Å². The molecule has 1 amide bonds. The Balaban J connectivity index is 2.16. The van der Waals surface area contributed by atoms with Crippen molar-refractivity contribution in [3.05, 3.63) is 29.3 Å². The van der Waals surface area contributed by atoms with E-state index >= 15 is 0 Å². The van der Waals surface area contributed by atoms with Crippen LogP contribution in [0, 0.1) is 0 Å². The van der Waals surface area contributed by atoms with E-state index in [0.29, 0.717) is 12.3 Å². The Labute approximate surface area is 114 Å². The fourth-order valence-corrected chi connectivity index (χ4v) is 2.67. The van der Waals surface area contributed by atoms with Crippen molar-refractivity contribution in [3.8, 4) is 5.75 Å². The molecule has 1 aromatic carbocycles. The first-order chi connectivity index (χ1) is 9.15. The van der Waals surface area contributed by atoms with E-state index in [-0.39, 0.29) is 5.91 Å². The van der Waals surface area contributed by atoms with Crippen LogP contribution < -0.4 is 4.74 Å². The average molecular weight is 263 g/mol. The second kappa shape index (κ2) is 6.06. The zero-order valence-electron chi connectivity index (χ0n) is 11.8. The van der Waals surface area contributed by atoms with Gasteiger partial charge in [-0.3, -0.25) is 9.63 Å². The topological polar surface area (TPSA) is 38.8 Å². The summed E-state index contributed by atoms with van der Waals surface area (Å²) in [6.07, 6.45) is 3.75. The Morgan fingerprint density at radius 1 is 1.42 bits per heavy atom. The van der Waals surface area contributed by atoms with Crippen LogP contribution in [0.4, 0.5) is 0 Å². The van der Waals surface area contributed by atoms with Crippen molar-refractivity contribution in [1.82, 2.24) is 5.06 Å². The van der Waals surface area contributed by atoms with Gasteiger partial charge in [0.25, 0.3) is 0 Å². The van der Waals surface area contributed by atoms with Crippen LogP contribution in [0.3, 0.4) is 0 Å². The first-order valence-electron chi connectivity index (χ1n) is 6.63. The van der Waals surface area contributed by atoms with Crippen LogP contribution in [0.2, 0.25) is 0 Å². The summed E-state index contributed by atoms with van der Waals surface area (Å²) in [4.78, 5) is 16.9. The first kappa shape index (κ1) is 13.9. The zero-order valence-corrected chi connectivity index (χ0v) is 11.8. The van der Waals surface area contributed by atoms with Gasteiger partial charge in [0.15, 0.2) is 0 Å². The van der Waals surface area contributed by atoms with Gasteiger partial charge in [0, 0.05) is 13.5 Å². The van der Waals surface area contributed by atoms with Gasteiger partial charge in [-0.1, -0.05) is 6.07 Å². The minimum atomic E-state index is 0.0242. The van der Waals surface area contributed by atoms with Crippen molar-refractivity contribution in [2.45, 2.75) is 31.6 Å². The van der Waals surface area contributed by atoms with Crippen molar-refractivity contribution in [3.63, 3.8) is 0 Å². The molecule has 19 heavy (non-hydrogen) atoms. The molecule has 4 nitrogen and oxygen atoms in total. The summed E-state index contributed by atoms with van der Waals surface area (Å²) in [6, 6.07) is 6.16. The van der Waals surface area contributed by atoms with E-state index in [2.05, 4.69) is 12.1 Å². The average Bonchev–Trinajstić information content (AvgIpc) is 2.45. The third kappa shape index (κ3) is 3.07. The highest BCUT2D eigenvalue weighted by Gasteiger charge is 2.24. The van der Waals surface area contributed by atoms with Crippen molar-refractivity contribution in [2.75, 3.05) is 21.3 Å². The number of methoxy groups -OCH3 is 1. The number of carbonyl (C=O) groups is 1. The minimum absolute atomic E-state index is 0.0242. The van der Waals surface area contributed by atoms with Crippen LogP contribution in [-0.4, -0.2) is 32.2 Å². The maximum atomic E-state index is 12.0. The van der Waals surface area contributed by atoms with Crippen LogP contribution in [0.25, 0.3) is 0 Å². The lowest BCUT2D eigenvalue weighted by molar-refractivity contribution is -0.169. The first-order valence-corrected chi connectivity index (χ1v) is 6.63. The highest BCUT2D eigenvalue weighted by Crippen LogP contribution is 2.36. The fraction of sp³-hybridized carbons (Fsp3) is 0.533. The predicted molar refractivity (Wildman–Crippen MR) is 73.1 cm³/mol. The number of amides is 1. The molecule has 0 spiro atoms. The molecule has 0 aliphatic heterocycles. The number of nitrogens with zero attached hydrogens (tertiary/aromatic N) is 1. The summed E-state index contributed by atoms with van der Waals surface area (Å²) in [5, 5.41) is 1.30. The molecule has 0 N–H and O–H groups in total. The lowest BCUT2D eigenvalue weighted by Crippen LogP contribution is -2.27. The van der Waals surface area contributed by atoms with Gasteiger partial charge in [-0.05, 0) is 48.4 Å². The van der Waals surface area contributed by atoms with Crippen molar-refractivity contribution in [2.24, 2.45) is 0 Å². The van der Waals surface area contributed by atoms with Gasteiger partial charge in [-0.25, -0.2) is 5.06 Å². The number of ether oxygens (including phenoxy) is 1. The molecule has 0 aromatic heterocycles. The lowest BCUT2D eigenvalue weighted by Gasteiger charge is -2.26. The van der Waals surface area contributed by atoms with E-state index in [4.69, 9.17) is 9.57 Å². The maximum absolute atomic E-state index is 12.0. The molecule has 1 atom stereocenters. The number of fused-ring (bicyclic) bond motifs is 1. The molecule has 0 fully saturated rings. The SMILES string of the molecule is COc1ccc2c(c1)CCCC2CC(=O)N(C)OC. The molecule has 2 rings (SSSR count). The van der Waals surface area contributed by atoms with E-state index in [1.165, 1.54) is 23.3 Å². The molecule has 0 heterocycles. The van der Waals surface area contributed by atoms with Gasteiger partial charge in [0.2, 0.25) is 5.91 Å². The second-order valence-corrected chi connectivity index (χ2v) is 4.93. The Bertz CT molecular complexity index is 459. The van der Waals surface area contributed by atoms with Gasteiger partial charge in [0.1, 0.15) is 5.75 Å². The molecule has 0 saturated carbocycles. The molecule has 1 aliphatic rings. The van der Waals surface area contributed by atoms with E-state index in [9.17, 15) is 4.79 Å². The number of hydroxylamine groups is 2. The Kier molecular flexibility index (Phi) is 4.43. The molecule has 1 aliphatic carbocycles. The van der Waals surface area contributed by atoms with E-state index in [1.807, 2.05) is 6.07 Å². The van der Waals surface area contributed by atoms with E-state index in [1.54, 1.807) is 14.2 Å². The van der Waals surface area contributed by atoms with Crippen LogP contribution in [-0.2, 0) is 16.1 Å². The standard InChI is InChI=1S/C15H21NO3/c1-16(19-3)15(17)10-12-6-4-5-11-9-13(18-2)7-8-14(11)12/h7-9,12H,4-6,10H2,1-3H3. The van der Waals surface area contributed by atoms with Crippen molar-refractivity contribution >= 4 is 5.91 Å². The molecular formula is C15H21NO3. The normalized spacial score (nSPS) is 17.7. The zero-order chi connectivity index (χ0) is 13.8. The largest absolute Gasteiger partial charge is 0.497 e. The number of hydrogen-bond donors (Lipinski definition) is 0. The second-order valence-electron chi connectivity index (χ2n) is 4.93. The monoisotopic (exact) mass is 263 g/mol. The summed E-state index contributed by atoms with van der Waals surface area (Å²) in [6.45, 7) is 0. The molecule has 0 bridgehead atoms. The lowest BCUT2D eigenvalue weighted by atomic mass is 9.81. The minimum Gasteiger partial charge on any atom is -0.497 e. The fourth-order valence-electron chi connectivity index (χ4n) is 2.67. The van der Waals surface area contributed by atoms with Gasteiger partial charge in [0.05, 0.1) is 14.2 Å². The number of carbonyl (C=O) groups excluding carboxylic acids is 1. The molecule has 0 radical (unpaired) electrons. The number of aryl methyl sites for hydroxylation is 1. The quantitative estimate of drug-likeness (QED) is 0.784. The third-order valence-electron chi connectivity index (χ3n) is 3.83. The highest BCUT2D eigenvalue weighted by molar-refractivity contribution is 5.76. The summed E-state index contributed by atoms with van der Waals surface area (Å²) in [5.74, 6) is 1.20. The van der Waals surface area contributed by atoms with Crippen molar-refractivity contribution < 1.29 is 14.4 Å². The maximum Gasteiger partial charge on any atom is 0.246 e. The van der Waals surface area contributed by atoms with Gasteiger partial charge >= 0.3 is 0 Å². The Morgan fingerprint density at radius 3 is 2.89 bits per heavy atom. The molecule has 1 unspecified atom stereocenters. The molecule has 1 aromatic rings. The number of rotatable bonds is 4. The van der Waals surface area contributed by atoms with E-state index in [0.717, 1.165) is 25.0 Å². The molecule has 4 heteroatoms. The summed E-state index contributed by atoms with van der Waals surface area (Å²) in [7, 11) is 4.84. The third-order valence-corrected chi connectivity index (χ3v) is 3.83. The summed E-state index contributed by atoms with van der Waals surface area (Å²) >= 11 is 0. The van der Waals surface area contributed by atoms with Crippen LogP contribution in [0.1, 0.15) is 36.3 Å². The van der Waals surface area contributed by atoms with Crippen LogP contribution in [0.15, 0.2) is 18.2 Å². The van der Waals surface area contributed by atoms with Gasteiger partial charge < -0.3 is 4.74 Å². The predicted octanol–water partition coefficient (Wildman–Crippen LogP) is 2.53. The smallest absolute Gasteiger partial charge is 0.246 e. The number of hydrogen-bond acceptors (Lipinski definition) is 3. The Hall–Kier alpha value is -1.55. The summed E-state index contributed by atoms with van der Waals surface area (Å²) < 4.78 is 5.26. The van der Waals surface area contributed by atoms with Crippen LogP contribution in [0.5, 0.6) is 5.75 Å². The molecule has 104 valence electrons. The Morgan fingerprint density at radius 2 is 2.21 bits per heavy atom. The summed E-state index contributed by atoms with van der Waals surface area (Å²) in [5.41, 5.74) is 2.59. The molecule has 0 saturated heterocycles. The van der Waals surface area contributed by atoms with Crippen LogP contribution >= 0.6 is 0 Å².